The summed E-state index contributed by atoms with van der Waals surface area (Å²) < 4.78 is 33.4. The van der Waals surface area contributed by atoms with Crippen LogP contribution in [0.2, 0.25) is 0 Å². The van der Waals surface area contributed by atoms with Crippen molar-refractivity contribution in [1.29, 1.82) is 0 Å². The quantitative estimate of drug-likeness (QED) is 0.514. The molecule has 0 saturated carbocycles. The Hall–Kier alpha value is -3.66. The number of benzene rings is 1. The molecule has 1 atom stereocenters. The zero-order valence-electron chi connectivity index (χ0n) is 21.1. The van der Waals surface area contributed by atoms with E-state index in [4.69, 9.17) is 15.5 Å². The number of methoxy groups -OCH3 is 1. The minimum atomic E-state index is -4.24. The van der Waals surface area contributed by atoms with E-state index in [0.29, 0.717) is 24.0 Å². The SMILES string of the molecule is COc1ccc(-c2ccc(C(=O)NS(=O)(=O)c3cccnc3N)c(N3CCC(C)C3(C)C)n2)c(C)c1. The molecule has 1 unspecified atom stereocenters. The summed E-state index contributed by atoms with van der Waals surface area (Å²) in [7, 11) is -2.63. The lowest BCUT2D eigenvalue weighted by molar-refractivity contribution is 0.0981. The molecule has 190 valence electrons. The fraction of sp³-hybridized carbons (Fsp3) is 0.346. The number of carbonyl (C=O) groups is 1. The van der Waals surface area contributed by atoms with Gasteiger partial charge in [0.2, 0.25) is 0 Å². The van der Waals surface area contributed by atoms with Crippen LogP contribution in [0, 0.1) is 12.8 Å². The first kappa shape index (κ1) is 25.4. The molecular weight excluding hydrogens is 478 g/mol. The van der Waals surface area contributed by atoms with Crippen LogP contribution in [0.5, 0.6) is 5.75 Å². The van der Waals surface area contributed by atoms with Gasteiger partial charge in [0.1, 0.15) is 22.3 Å². The van der Waals surface area contributed by atoms with Crippen LogP contribution in [0.15, 0.2) is 53.6 Å². The smallest absolute Gasteiger partial charge is 0.268 e. The Morgan fingerprint density at radius 1 is 1.22 bits per heavy atom. The summed E-state index contributed by atoms with van der Waals surface area (Å²) in [6, 6.07) is 11.8. The number of nitrogens with two attached hydrogens (primary N) is 1. The van der Waals surface area contributed by atoms with Crippen LogP contribution in [-0.4, -0.2) is 43.5 Å². The Kier molecular flexibility index (Phi) is 6.66. The van der Waals surface area contributed by atoms with Crippen molar-refractivity contribution in [2.75, 3.05) is 24.3 Å². The molecular formula is C26H31N5O4S. The van der Waals surface area contributed by atoms with Crippen molar-refractivity contribution < 1.29 is 17.9 Å². The number of hydrogen-bond acceptors (Lipinski definition) is 8. The molecule has 0 radical (unpaired) electrons. The van der Waals surface area contributed by atoms with Crippen molar-refractivity contribution in [1.82, 2.24) is 14.7 Å². The largest absolute Gasteiger partial charge is 0.497 e. The van der Waals surface area contributed by atoms with Crippen LogP contribution in [0.1, 0.15) is 43.1 Å². The molecule has 4 rings (SSSR count). The van der Waals surface area contributed by atoms with E-state index >= 15 is 0 Å². The molecule has 3 heterocycles. The van der Waals surface area contributed by atoms with Gasteiger partial charge < -0.3 is 15.4 Å². The molecule has 36 heavy (non-hydrogen) atoms. The number of nitrogens with zero attached hydrogens (tertiary/aromatic N) is 3. The highest BCUT2D eigenvalue weighted by Gasteiger charge is 2.41. The molecule has 1 aromatic carbocycles. The third kappa shape index (κ3) is 4.60. The van der Waals surface area contributed by atoms with Crippen LogP contribution in [0.4, 0.5) is 11.6 Å². The molecule has 1 fully saturated rings. The summed E-state index contributed by atoms with van der Waals surface area (Å²) >= 11 is 0. The van der Waals surface area contributed by atoms with Gasteiger partial charge in [-0.3, -0.25) is 4.79 Å². The second-order valence-electron chi connectivity index (χ2n) is 9.56. The van der Waals surface area contributed by atoms with Crippen molar-refractivity contribution in [2.45, 2.75) is 44.6 Å². The maximum atomic E-state index is 13.4. The van der Waals surface area contributed by atoms with Crippen molar-refractivity contribution in [3.05, 3.63) is 59.8 Å². The first-order valence-electron chi connectivity index (χ1n) is 11.7. The topological polar surface area (TPSA) is 128 Å². The number of aromatic nitrogens is 2. The number of carbonyl (C=O) groups excluding carboxylic acids is 1. The first-order valence-corrected chi connectivity index (χ1v) is 13.2. The van der Waals surface area contributed by atoms with Gasteiger partial charge in [-0.1, -0.05) is 6.92 Å². The monoisotopic (exact) mass is 509 g/mol. The molecule has 0 bridgehead atoms. The van der Waals surface area contributed by atoms with Crippen LogP contribution in [-0.2, 0) is 10.0 Å². The zero-order chi connectivity index (χ0) is 26.3. The van der Waals surface area contributed by atoms with Gasteiger partial charge in [0, 0.05) is 23.8 Å². The molecule has 3 N–H and O–H groups in total. The lowest BCUT2D eigenvalue weighted by Crippen LogP contribution is -2.43. The van der Waals surface area contributed by atoms with E-state index in [1.165, 1.54) is 18.3 Å². The third-order valence-corrected chi connectivity index (χ3v) is 8.47. The highest BCUT2D eigenvalue weighted by Crippen LogP contribution is 2.39. The van der Waals surface area contributed by atoms with E-state index in [1.807, 2.05) is 25.1 Å². The highest BCUT2D eigenvalue weighted by atomic mass is 32.2. The number of anilines is 2. The number of nitrogen functional groups attached to an aromatic ring is 1. The minimum absolute atomic E-state index is 0.165. The van der Waals surface area contributed by atoms with Crippen LogP contribution in [0.3, 0.4) is 0 Å². The number of aryl methyl sites for hydroxylation is 1. The zero-order valence-corrected chi connectivity index (χ0v) is 21.9. The van der Waals surface area contributed by atoms with Gasteiger partial charge in [-0.2, -0.15) is 0 Å². The third-order valence-electron chi connectivity index (χ3n) is 7.09. The van der Waals surface area contributed by atoms with Crippen LogP contribution < -0.4 is 20.1 Å². The summed E-state index contributed by atoms with van der Waals surface area (Å²) in [5.74, 6) is 0.552. The molecule has 1 saturated heterocycles. The van der Waals surface area contributed by atoms with Gasteiger partial charge in [-0.25, -0.2) is 23.1 Å². The molecule has 9 nitrogen and oxygen atoms in total. The van der Waals surface area contributed by atoms with Crippen LogP contribution >= 0.6 is 0 Å². The number of rotatable bonds is 6. The molecule has 10 heteroatoms. The lowest BCUT2D eigenvalue weighted by atomic mass is 9.90. The highest BCUT2D eigenvalue weighted by molar-refractivity contribution is 7.90. The average molecular weight is 510 g/mol. The van der Waals surface area contributed by atoms with Crippen LogP contribution in [0.25, 0.3) is 11.3 Å². The molecule has 2 aromatic heterocycles. The van der Waals surface area contributed by atoms with E-state index in [0.717, 1.165) is 23.3 Å². The standard InChI is InChI=1S/C26H31N5O4S/c1-16-15-18(35-5)8-9-19(16)21-11-10-20(24(29-21)31-14-12-17(2)26(31,3)4)25(32)30-36(33,34)22-7-6-13-28-23(22)27/h6-11,13,15,17H,12,14H2,1-5H3,(H2,27,28)(H,30,32). The Morgan fingerprint density at radius 2 is 1.97 bits per heavy atom. The van der Waals surface area contributed by atoms with E-state index in [-0.39, 0.29) is 21.8 Å². The molecule has 0 aliphatic carbocycles. The van der Waals surface area contributed by atoms with E-state index in [9.17, 15) is 13.2 Å². The number of amides is 1. The maximum Gasteiger partial charge on any atom is 0.268 e. The second kappa shape index (κ2) is 9.42. The summed E-state index contributed by atoms with van der Waals surface area (Å²) in [4.78, 5) is 23.9. The molecule has 3 aromatic rings. The maximum absolute atomic E-state index is 13.4. The predicted octanol–water partition coefficient (Wildman–Crippen LogP) is 3.79. The molecule has 1 aliphatic rings. The summed E-state index contributed by atoms with van der Waals surface area (Å²) in [5, 5.41) is 0. The number of ether oxygens (including phenoxy) is 1. The Bertz CT molecular complexity index is 1420. The van der Waals surface area contributed by atoms with Gasteiger partial charge >= 0.3 is 0 Å². The predicted molar refractivity (Wildman–Crippen MR) is 139 cm³/mol. The van der Waals surface area contributed by atoms with E-state index < -0.39 is 15.9 Å². The van der Waals surface area contributed by atoms with Crippen molar-refractivity contribution >= 4 is 27.6 Å². The summed E-state index contributed by atoms with van der Waals surface area (Å²) in [5.41, 5.74) is 8.16. The van der Waals surface area contributed by atoms with E-state index in [1.54, 1.807) is 19.2 Å². The number of pyridine rings is 2. The Morgan fingerprint density at radius 3 is 2.58 bits per heavy atom. The summed E-state index contributed by atoms with van der Waals surface area (Å²) in [6.45, 7) is 9.02. The van der Waals surface area contributed by atoms with E-state index in [2.05, 4.69) is 35.4 Å². The Labute approximate surface area is 211 Å². The van der Waals surface area contributed by atoms with Crippen molar-refractivity contribution in [2.24, 2.45) is 5.92 Å². The van der Waals surface area contributed by atoms with Gasteiger partial charge in [-0.05, 0) is 81.1 Å². The number of nitrogens with one attached hydrogen (secondary N) is 1. The van der Waals surface area contributed by atoms with Crippen molar-refractivity contribution in [3.8, 4) is 17.0 Å². The molecule has 0 spiro atoms. The fourth-order valence-corrected chi connectivity index (χ4v) is 5.55. The number of sulfonamides is 1. The molecule has 1 aliphatic heterocycles. The van der Waals surface area contributed by atoms with Gasteiger partial charge in [0.25, 0.3) is 15.9 Å². The second-order valence-corrected chi connectivity index (χ2v) is 11.2. The van der Waals surface area contributed by atoms with Gasteiger partial charge in [0.15, 0.2) is 0 Å². The lowest BCUT2D eigenvalue weighted by Gasteiger charge is -2.36. The first-order chi connectivity index (χ1) is 17.0. The van der Waals surface area contributed by atoms with Gasteiger partial charge in [0.05, 0.1) is 18.4 Å². The summed E-state index contributed by atoms with van der Waals surface area (Å²) in [6.07, 6.45) is 2.31. The normalized spacial score (nSPS) is 17.1. The minimum Gasteiger partial charge on any atom is -0.497 e. The number of hydrogen-bond donors (Lipinski definition) is 2. The van der Waals surface area contributed by atoms with Crippen molar-refractivity contribution in [3.63, 3.8) is 0 Å². The van der Waals surface area contributed by atoms with Gasteiger partial charge in [-0.15, -0.1) is 0 Å². The fourth-order valence-electron chi connectivity index (χ4n) is 4.50. The Balaban J connectivity index is 1.80. The average Bonchev–Trinajstić information content (AvgIpc) is 3.10. The molecule has 1 amide bonds.